The summed E-state index contributed by atoms with van der Waals surface area (Å²) in [5.74, 6) is -1.01. The van der Waals surface area contributed by atoms with Crippen LogP contribution in [0, 0.1) is 5.82 Å². The van der Waals surface area contributed by atoms with Gasteiger partial charge in [0, 0.05) is 19.1 Å². The van der Waals surface area contributed by atoms with Crippen molar-refractivity contribution < 1.29 is 32.6 Å². The first-order chi connectivity index (χ1) is 14.2. The van der Waals surface area contributed by atoms with E-state index in [1.807, 2.05) is 0 Å². The number of halogens is 5. The summed E-state index contributed by atoms with van der Waals surface area (Å²) in [6.45, 7) is 7.21. The lowest BCUT2D eigenvalue weighted by atomic mass is 10.2. The highest BCUT2D eigenvalue weighted by atomic mass is 35.5. The standard InChI is InChI=1S/C19H25ClF4N4O3/c1-9(2)27(10(3)4)17(30)25-13-7-14(12(21)6-11(13)20)28-16(29)8-15(19(22,23)24)26(5)18(28)31/h6-10,16,18,29,31H,1-5H3,(H,25,30). The van der Waals surface area contributed by atoms with E-state index in [0.29, 0.717) is 15.9 Å². The van der Waals surface area contributed by atoms with E-state index in [4.69, 9.17) is 11.6 Å². The van der Waals surface area contributed by atoms with Crippen molar-refractivity contribution >= 4 is 29.0 Å². The topological polar surface area (TPSA) is 79.3 Å². The average molecular weight is 469 g/mol. The van der Waals surface area contributed by atoms with Crippen molar-refractivity contribution in [2.24, 2.45) is 0 Å². The van der Waals surface area contributed by atoms with Crippen molar-refractivity contribution in [1.29, 1.82) is 0 Å². The monoisotopic (exact) mass is 468 g/mol. The van der Waals surface area contributed by atoms with Crippen molar-refractivity contribution in [1.82, 2.24) is 9.80 Å². The number of hydrogen-bond acceptors (Lipinski definition) is 5. The molecule has 2 amide bonds. The Morgan fingerprint density at radius 1 is 1.19 bits per heavy atom. The van der Waals surface area contributed by atoms with Gasteiger partial charge in [-0.05, 0) is 45.9 Å². The molecule has 1 aliphatic rings. The van der Waals surface area contributed by atoms with Gasteiger partial charge < -0.3 is 25.3 Å². The number of alkyl halides is 3. The quantitative estimate of drug-likeness (QED) is 0.584. The molecular formula is C19H25ClF4N4O3. The molecule has 0 spiro atoms. The second-order valence-electron chi connectivity index (χ2n) is 7.64. The molecule has 0 aromatic heterocycles. The third kappa shape index (κ3) is 5.16. The molecule has 1 heterocycles. The maximum absolute atomic E-state index is 14.6. The Morgan fingerprint density at radius 3 is 2.23 bits per heavy atom. The summed E-state index contributed by atoms with van der Waals surface area (Å²) >= 11 is 6.04. The highest BCUT2D eigenvalue weighted by Crippen LogP contribution is 2.38. The number of benzene rings is 1. The number of aliphatic hydroxyl groups is 2. The Hall–Kier alpha value is -2.24. The number of urea groups is 1. The molecule has 0 radical (unpaired) electrons. The fourth-order valence-corrected chi connectivity index (χ4v) is 3.62. The van der Waals surface area contributed by atoms with Gasteiger partial charge >= 0.3 is 12.2 Å². The molecule has 174 valence electrons. The van der Waals surface area contributed by atoms with Gasteiger partial charge in [-0.3, -0.25) is 4.90 Å². The lowest BCUT2D eigenvalue weighted by Gasteiger charge is -2.43. The van der Waals surface area contributed by atoms with Crippen LogP contribution in [0.4, 0.5) is 33.7 Å². The molecule has 0 saturated heterocycles. The predicted octanol–water partition coefficient (Wildman–Crippen LogP) is 3.92. The molecule has 2 unspecified atom stereocenters. The molecule has 0 aliphatic carbocycles. The van der Waals surface area contributed by atoms with Crippen LogP contribution in [-0.4, -0.2) is 63.9 Å². The fourth-order valence-electron chi connectivity index (χ4n) is 3.42. The van der Waals surface area contributed by atoms with Crippen LogP contribution in [0.15, 0.2) is 23.9 Å². The molecule has 0 fully saturated rings. The zero-order chi connectivity index (χ0) is 23.8. The second-order valence-corrected chi connectivity index (χ2v) is 8.04. The molecule has 0 saturated carbocycles. The van der Waals surface area contributed by atoms with E-state index in [-0.39, 0.29) is 22.8 Å². The molecule has 1 aromatic carbocycles. The van der Waals surface area contributed by atoms with Crippen LogP contribution in [0.5, 0.6) is 0 Å². The van der Waals surface area contributed by atoms with E-state index in [9.17, 15) is 32.6 Å². The van der Waals surface area contributed by atoms with Crippen molar-refractivity contribution in [3.63, 3.8) is 0 Å². The highest BCUT2D eigenvalue weighted by molar-refractivity contribution is 6.33. The zero-order valence-electron chi connectivity index (χ0n) is 17.6. The maximum atomic E-state index is 14.6. The molecule has 2 rings (SSSR count). The van der Waals surface area contributed by atoms with Gasteiger partial charge in [0.05, 0.1) is 16.4 Å². The normalized spacial score (nSPS) is 19.7. The Bertz CT molecular complexity index is 855. The van der Waals surface area contributed by atoms with Gasteiger partial charge in [0.15, 0.2) is 6.23 Å². The summed E-state index contributed by atoms with van der Waals surface area (Å²) in [5.41, 5.74) is -1.78. The molecule has 1 aliphatic heterocycles. The summed E-state index contributed by atoms with van der Waals surface area (Å²) in [4.78, 5) is 15.2. The van der Waals surface area contributed by atoms with Crippen LogP contribution >= 0.6 is 11.6 Å². The van der Waals surface area contributed by atoms with Crippen molar-refractivity contribution in [2.45, 2.75) is 58.5 Å². The van der Waals surface area contributed by atoms with Crippen LogP contribution in [-0.2, 0) is 0 Å². The minimum Gasteiger partial charge on any atom is -0.370 e. The molecular weight excluding hydrogens is 444 g/mol. The first-order valence-electron chi connectivity index (χ1n) is 9.41. The summed E-state index contributed by atoms with van der Waals surface area (Å²) in [7, 11) is 0.947. The Morgan fingerprint density at radius 2 is 1.74 bits per heavy atom. The summed E-state index contributed by atoms with van der Waals surface area (Å²) in [6.07, 6.45) is -8.43. The number of anilines is 2. The lowest BCUT2D eigenvalue weighted by molar-refractivity contribution is -0.133. The third-order valence-electron chi connectivity index (χ3n) is 4.76. The predicted molar refractivity (Wildman–Crippen MR) is 109 cm³/mol. The van der Waals surface area contributed by atoms with E-state index in [2.05, 4.69) is 5.32 Å². The van der Waals surface area contributed by atoms with E-state index in [1.54, 1.807) is 27.7 Å². The largest absolute Gasteiger partial charge is 0.431 e. The van der Waals surface area contributed by atoms with Gasteiger partial charge in [0.2, 0.25) is 6.35 Å². The molecule has 12 heteroatoms. The minimum atomic E-state index is -4.84. The number of allylic oxidation sites excluding steroid dienone is 1. The lowest BCUT2D eigenvalue weighted by Crippen LogP contribution is -2.56. The van der Waals surface area contributed by atoms with E-state index in [1.165, 1.54) is 4.90 Å². The number of hydrogen-bond donors (Lipinski definition) is 3. The van der Waals surface area contributed by atoms with Crippen LogP contribution in [0.2, 0.25) is 5.02 Å². The first-order valence-corrected chi connectivity index (χ1v) is 9.79. The Labute approximate surface area is 182 Å². The van der Waals surface area contributed by atoms with E-state index >= 15 is 0 Å². The Balaban J connectivity index is 2.45. The molecule has 3 N–H and O–H groups in total. The number of carbonyl (C=O) groups is 1. The number of aliphatic hydroxyl groups excluding tert-OH is 2. The summed E-state index contributed by atoms with van der Waals surface area (Å²) < 4.78 is 54.0. The second kappa shape index (κ2) is 9.09. The van der Waals surface area contributed by atoms with Crippen LogP contribution < -0.4 is 10.2 Å². The van der Waals surface area contributed by atoms with E-state index in [0.717, 1.165) is 19.2 Å². The third-order valence-corrected chi connectivity index (χ3v) is 5.07. The van der Waals surface area contributed by atoms with Gasteiger partial charge in [-0.1, -0.05) is 11.6 Å². The van der Waals surface area contributed by atoms with Gasteiger partial charge in [0.25, 0.3) is 0 Å². The zero-order valence-corrected chi connectivity index (χ0v) is 18.3. The highest BCUT2D eigenvalue weighted by Gasteiger charge is 2.45. The SMILES string of the molecule is CC(C)N(C(=O)Nc1cc(N2C(O)C=C(C(F)(F)F)N(C)C2O)c(F)cc1Cl)C(C)C. The minimum absolute atomic E-state index is 0.0398. The van der Waals surface area contributed by atoms with Gasteiger partial charge in [-0.15, -0.1) is 0 Å². The maximum Gasteiger partial charge on any atom is 0.431 e. The molecule has 7 nitrogen and oxygen atoms in total. The number of nitrogens with one attached hydrogen (secondary N) is 1. The van der Waals surface area contributed by atoms with Gasteiger partial charge in [0.1, 0.15) is 11.5 Å². The van der Waals surface area contributed by atoms with Crippen molar-refractivity contribution in [2.75, 3.05) is 17.3 Å². The van der Waals surface area contributed by atoms with E-state index < -0.39 is 42.0 Å². The molecule has 0 bridgehead atoms. The number of carbonyl (C=O) groups excluding carboxylic acids is 1. The van der Waals surface area contributed by atoms with Crippen LogP contribution in [0.3, 0.4) is 0 Å². The average Bonchev–Trinajstić information content (AvgIpc) is 2.60. The molecule has 31 heavy (non-hydrogen) atoms. The van der Waals surface area contributed by atoms with Crippen LogP contribution in [0.25, 0.3) is 0 Å². The number of amides is 2. The summed E-state index contributed by atoms with van der Waals surface area (Å²) in [5, 5.41) is 22.9. The van der Waals surface area contributed by atoms with Gasteiger partial charge in [-0.25, -0.2) is 9.18 Å². The Kier molecular flexibility index (Phi) is 7.34. The number of rotatable bonds is 4. The molecule has 1 aromatic rings. The summed E-state index contributed by atoms with van der Waals surface area (Å²) in [6, 6.07) is 1.03. The first kappa shape index (κ1) is 25.0. The fraction of sp³-hybridized carbons (Fsp3) is 0.526. The van der Waals surface area contributed by atoms with Gasteiger partial charge in [-0.2, -0.15) is 13.2 Å². The van der Waals surface area contributed by atoms with Crippen LogP contribution in [0.1, 0.15) is 27.7 Å². The van der Waals surface area contributed by atoms with Crippen molar-refractivity contribution in [3.05, 3.63) is 34.7 Å². The van der Waals surface area contributed by atoms with Crippen molar-refractivity contribution in [3.8, 4) is 0 Å². The molecule has 2 atom stereocenters. The smallest absolute Gasteiger partial charge is 0.370 e. The number of nitrogens with zero attached hydrogens (tertiary/aromatic N) is 3.